The topological polar surface area (TPSA) is 42.0 Å². The predicted molar refractivity (Wildman–Crippen MR) is 102 cm³/mol. The summed E-state index contributed by atoms with van der Waals surface area (Å²) in [5.41, 5.74) is 3.24. The molecule has 0 N–H and O–H groups in total. The van der Waals surface area contributed by atoms with Crippen molar-refractivity contribution in [3.8, 4) is 5.75 Å². The van der Waals surface area contributed by atoms with Gasteiger partial charge in [-0.25, -0.2) is 0 Å². The van der Waals surface area contributed by atoms with Crippen molar-refractivity contribution < 1.29 is 14.3 Å². The summed E-state index contributed by atoms with van der Waals surface area (Å²) in [5.74, 6) is 1.06. The van der Waals surface area contributed by atoms with Crippen LogP contribution in [-0.4, -0.2) is 38.8 Å². The Bertz CT molecular complexity index is 757. The summed E-state index contributed by atoms with van der Waals surface area (Å²) >= 11 is 0. The Morgan fingerprint density at radius 2 is 1.81 bits per heavy atom. The second kappa shape index (κ2) is 7.79. The van der Waals surface area contributed by atoms with E-state index in [9.17, 15) is 4.79 Å². The Hall–Kier alpha value is -2.53. The number of benzene rings is 2. The van der Waals surface area contributed by atoms with Crippen LogP contribution in [0.5, 0.6) is 5.75 Å². The summed E-state index contributed by atoms with van der Waals surface area (Å²) in [6.45, 7) is 4.51. The second-order valence-corrected chi connectivity index (χ2v) is 6.66. The monoisotopic (exact) mass is 352 g/mol. The van der Waals surface area contributed by atoms with E-state index in [-0.39, 0.29) is 5.91 Å². The van der Waals surface area contributed by atoms with Crippen LogP contribution in [0, 0.1) is 0 Å². The molecular weight excluding hydrogens is 328 g/mol. The van der Waals surface area contributed by atoms with E-state index in [0.717, 1.165) is 56.3 Å². The summed E-state index contributed by atoms with van der Waals surface area (Å²) in [6.07, 6.45) is 1.57. The number of morpholine rings is 1. The van der Waals surface area contributed by atoms with Gasteiger partial charge in [-0.2, -0.15) is 0 Å². The minimum Gasteiger partial charge on any atom is -0.489 e. The molecule has 2 heterocycles. The molecule has 1 amide bonds. The molecule has 0 radical (unpaired) electrons. The molecule has 2 aromatic carbocycles. The molecule has 2 aliphatic heterocycles. The number of carbonyl (C=O) groups is 1. The van der Waals surface area contributed by atoms with Gasteiger partial charge < -0.3 is 19.3 Å². The summed E-state index contributed by atoms with van der Waals surface area (Å²) in [5, 5.41) is 0. The minimum absolute atomic E-state index is 0.207. The van der Waals surface area contributed by atoms with Crippen LogP contribution < -0.4 is 14.5 Å². The molecule has 0 aliphatic carbocycles. The first-order valence-corrected chi connectivity index (χ1v) is 9.25. The van der Waals surface area contributed by atoms with Gasteiger partial charge >= 0.3 is 0 Å². The first-order valence-electron chi connectivity index (χ1n) is 9.25. The number of anilines is 2. The molecule has 2 fully saturated rings. The van der Waals surface area contributed by atoms with Crippen LogP contribution in [0.25, 0.3) is 0 Å². The molecule has 0 spiro atoms. The van der Waals surface area contributed by atoms with Crippen molar-refractivity contribution >= 4 is 17.3 Å². The molecule has 0 aromatic heterocycles. The predicted octanol–water partition coefficient (Wildman–Crippen LogP) is 3.23. The van der Waals surface area contributed by atoms with Crippen LogP contribution in [0.1, 0.15) is 18.4 Å². The van der Waals surface area contributed by atoms with Crippen molar-refractivity contribution in [1.29, 1.82) is 0 Å². The van der Waals surface area contributed by atoms with Gasteiger partial charge in [0.05, 0.1) is 13.2 Å². The van der Waals surface area contributed by atoms with Gasteiger partial charge in [-0.05, 0) is 36.8 Å². The van der Waals surface area contributed by atoms with E-state index in [1.165, 1.54) is 5.69 Å². The molecule has 4 rings (SSSR count). The lowest BCUT2D eigenvalue weighted by Crippen LogP contribution is -2.37. The molecule has 0 bridgehead atoms. The SMILES string of the molecule is O=C1CCCN1c1ccc(N2CCOCC2)c(COc2ccccc2)c1. The third-order valence-corrected chi connectivity index (χ3v) is 4.94. The highest BCUT2D eigenvalue weighted by Crippen LogP contribution is 2.30. The number of rotatable bonds is 5. The maximum Gasteiger partial charge on any atom is 0.227 e. The highest BCUT2D eigenvalue weighted by molar-refractivity contribution is 5.95. The molecule has 2 aromatic rings. The fourth-order valence-electron chi connectivity index (χ4n) is 3.57. The lowest BCUT2D eigenvalue weighted by Gasteiger charge is -2.31. The minimum atomic E-state index is 0.207. The van der Waals surface area contributed by atoms with E-state index in [1.807, 2.05) is 35.2 Å². The standard InChI is InChI=1S/C21H24N2O3/c24-21-7-4-10-23(21)18-8-9-20(22-11-13-25-14-12-22)17(15-18)16-26-19-5-2-1-3-6-19/h1-3,5-6,8-9,15H,4,7,10-14,16H2. The van der Waals surface area contributed by atoms with Gasteiger partial charge in [-0.15, -0.1) is 0 Å². The first-order chi connectivity index (χ1) is 12.8. The Morgan fingerprint density at radius 1 is 1.00 bits per heavy atom. The van der Waals surface area contributed by atoms with Crippen LogP contribution in [0.3, 0.4) is 0 Å². The molecule has 2 saturated heterocycles. The Morgan fingerprint density at radius 3 is 2.54 bits per heavy atom. The zero-order valence-electron chi connectivity index (χ0n) is 14.9. The van der Waals surface area contributed by atoms with E-state index in [2.05, 4.69) is 23.1 Å². The zero-order valence-corrected chi connectivity index (χ0v) is 14.9. The number of amides is 1. The van der Waals surface area contributed by atoms with Crippen LogP contribution in [-0.2, 0) is 16.1 Å². The van der Waals surface area contributed by atoms with Gasteiger partial charge in [0.2, 0.25) is 5.91 Å². The zero-order chi connectivity index (χ0) is 17.8. The summed E-state index contributed by atoms with van der Waals surface area (Å²) in [4.78, 5) is 16.3. The van der Waals surface area contributed by atoms with E-state index in [0.29, 0.717) is 13.0 Å². The van der Waals surface area contributed by atoms with E-state index in [1.54, 1.807) is 0 Å². The van der Waals surface area contributed by atoms with E-state index >= 15 is 0 Å². The van der Waals surface area contributed by atoms with Crippen LogP contribution in [0.15, 0.2) is 48.5 Å². The Labute approximate surface area is 154 Å². The van der Waals surface area contributed by atoms with Crippen LogP contribution in [0.2, 0.25) is 0 Å². The van der Waals surface area contributed by atoms with Crippen molar-refractivity contribution in [2.24, 2.45) is 0 Å². The van der Waals surface area contributed by atoms with Gasteiger partial charge in [0.15, 0.2) is 0 Å². The Kier molecular flexibility index (Phi) is 5.07. The summed E-state index contributed by atoms with van der Waals surface area (Å²) in [6, 6.07) is 16.1. The Balaban J connectivity index is 1.60. The average Bonchev–Trinajstić information content (AvgIpc) is 3.13. The molecule has 2 aliphatic rings. The van der Waals surface area contributed by atoms with Crippen molar-refractivity contribution in [3.63, 3.8) is 0 Å². The number of para-hydroxylation sites is 1. The number of hydrogen-bond donors (Lipinski definition) is 0. The first kappa shape index (κ1) is 16.9. The smallest absolute Gasteiger partial charge is 0.227 e. The molecule has 0 unspecified atom stereocenters. The van der Waals surface area contributed by atoms with Crippen molar-refractivity contribution in [1.82, 2.24) is 0 Å². The fraction of sp³-hybridized carbons (Fsp3) is 0.381. The molecular formula is C21H24N2O3. The van der Waals surface area contributed by atoms with Gasteiger partial charge in [0.25, 0.3) is 0 Å². The van der Waals surface area contributed by atoms with Gasteiger partial charge in [0.1, 0.15) is 12.4 Å². The number of hydrogen-bond acceptors (Lipinski definition) is 4. The van der Waals surface area contributed by atoms with E-state index in [4.69, 9.17) is 9.47 Å². The normalized spacial score (nSPS) is 17.6. The van der Waals surface area contributed by atoms with Gasteiger partial charge in [-0.3, -0.25) is 4.79 Å². The summed E-state index contributed by atoms with van der Waals surface area (Å²) in [7, 11) is 0. The number of carbonyl (C=O) groups excluding carboxylic acids is 1. The van der Waals surface area contributed by atoms with Gasteiger partial charge in [0, 0.05) is 43.0 Å². The molecule has 26 heavy (non-hydrogen) atoms. The maximum absolute atomic E-state index is 12.1. The third kappa shape index (κ3) is 3.68. The number of ether oxygens (including phenoxy) is 2. The third-order valence-electron chi connectivity index (χ3n) is 4.94. The molecule has 5 heteroatoms. The lowest BCUT2D eigenvalue weighted by molar-refractivity contribution is -0.117. The van der Waals surface area contributed by atoms with Crippen LogP contribution >= 0.6 is 0 Å². The van der Waals surface area contributed by atoms with E-state index < -0.39 is 0 Å². The quantitative estimate of drug-likeness (QED) is 0.829. The molecule has 136 valence electrons. The second-order valence-electron chi connectivity index (χ2n) is 6.66. The maximum atomic E-state index is 12.1. The van der Waals surface area contributed by atoms with Crippen molar-refractivity contribution in [3.05, 3.63) is 54.1 Å². The average molecular weight is 352 g/mol. The van der Waals surface area contributed by atoms with Crippen molar-refractivity contribution in [2.75, 3.05) is 42.6 Å². The fourth-order valence-corrected chi connectivity index (χ4v) is 3.57. The van der Waals surface area contributed by atoms with Crippen LogP contribution in [0.4, 0.5) is 11.4 Å². The van der Waals surface area contributed by atoms with Gasteiger partial charge in [-0.1, -0.05) is 18.2 Å². The lowest BCUT2D eigenvalue weighted by atomic mass is 10.1. The molecule has 0 atom stereocenters. The molecule has 5 nitrogen and oxygen atoms in total. The van der Waals surface area contributed by atoms with Crippen molar-refractivity contribution in [2.45, 2.75) is 19.4 Å². The number of nitrogens with zero attached hydrogens (tertiary/aromatic N) is 2. The highest BCUT2D eigenvalue weighted by atomic mass is 16.5. The largest absolute Gasteiger partial charge is 0.489 e. The highest BCUT2D eigenvalue weighted by Gasteiger charge is 2.23. The molecule has 0 saturated carbocycles. The summed E-state index contributed by atoms with van der Waals surface area (Å²) < 4.78 is 11.5.